The van der Waals surface area contributed by atoms with Gasteiger partial charge in [0.15, 0.2) is 5.78 Å². The van der Waals surface area contributed by atoms with E-state index in [1.54, 1.807) is 6.92 Å². The zero-order valence-electron chi connectivity index (χ0n) is 14.8. The lowest BCUT2D eigenvalue weighted by atomic mass is 9.73. The minimum absolute atomic E-state index is 0.110. The van der Waals surface area contributed by atoms with Crippen molar-refractivity contribution in [2.24, 2.45) is 23.3 Å². The van der Waals surface area contributed by atoms with E-state index in [9.17, 15) is 14.7 Å². The fraction of sp³-hybridized carbons (Fsp3) is 0.579. The Bertz CT molecular complexity index is 531. The number of hydrogen-bond donors (Lipinski definition) is 3. The Morgan fingerprint density at radius 1 is 1.25 bits per heavy atom. The number of hydrogen-bond acceptors (Lipinski definition) is 5. The molecule has 134 valence electrons. The minimum atomic E-state index is -1.67. The third-order valence-electron chi connectivity index (χ3n) is 4.57. The van der Waals surface area contributed by atoms with Gasteiger partial charge in [-0.15, -0.1) is 0 Å². The molecule has 1 rings (SSSR count). The first-order valence-electron chi connectivity index (χ1n) is 8.49. The molecule has 4 atom stereocenters. The molecule has 0 radical (unpaired) electrons. The van der Waals surface area contributed by atoms with Gasteiger partial charge in [-0.1, -0.05) is 44.2 Å². The summed E-state index contributed by atoms with van der Waals surface area (Å²) in [6, 6.07) is 8.98. The van der Waals surface area contributed by atoms with E-state index in [1.807, 2.05) is 44.2 Å². The van der Waals surface area contributed by atoms with Crippen molar-refractivity contribution in [3.05, 3.63) is 35.9 Å². The SMILES string of the molecule is CC(C)C(N)C(=O)C(N)(C=O)C(CCc1ccccc1)C[C@@H](C)O. The second-order valence-electron chi connectivity index (χ2n) is 6.99. The van der Waals surface area contributed by atoms with Gasteiger partial charge in [0.05, 0.1) is 12.1 Å². The van der Waals surface area contributed by atoms with E-state index in [1.165, 1.54) is 0 Å². The highest BCUT2D eigenvalue weighted by Crippen LogP contribution is 2.27. The maximum absolute atomic E-state index is 12.7. The Kier molecular flexibility index (Phi) is 7.73. The zero-order valence-corrected chi connectivity index (χ0v) is 14.8. The summed E-state index contributed by atoms with van der Waals surface area (Å²) >= 11 is 0. The summed E-state index contributed by atoms with van der Waals surface area (Å²) in [4.78, 5) is 24.5. The van der Waals surface area contributed by atoms with Crippen molar-refractivity contribution in [2.75, 3.05) is 0 Å². The number of aliphatic hydroxyl groups is 1. The summed E-state index contributed by atoms with van der Waals surface area (Å²) in [5, 5.41) is 9.79. The predicted molar refractivity (Wildman–Crippen MR) is 95.4 cm³/mol. The van der Waals surface area contributed by atoms with Crippen LogP contribution in [0.2, 0.25) is 0 Å². The quantitative estimate of drug-likeness (QED) is 0.443. The van der Waals surface area contributed by atoms with E-state index < -0.39 is 29.4 Å². The molecular formula is C19H30N2O3. The van der Waals surface area contributed by atoms with Crippen LogP contribution in [0, 0.1) is 11.8 Å². The van der Waals surface area contributed by atoms with Crippen molar-refractivity contribution in [2.45, 2.75) is 57.7 Å². The number of benzene rings is 1. The highest BCUT2D eigenvalue weighted by atomic mass is 16.3. The van der Waals surface area contributed by atoms with Crippen LogP contribution in [0.3, 0.4) is 0 Å². The van der Waals surface area contributed by atoms with Gasteiger partial charge in [-0.2, -0.15) is 0 Å². The summed E-state index contributed by atoms with van der Waals surface area (Å²) in [5.41, 5.74) is 11.6. The first-order valence-corrected chi connectivity index (χ1v) is 8.49. The number of aliphatic hydroxyl groups excluding tert-OH is 1. The Morgan fingerprint density at radius 2 is 1.83 bits per heavy atom. The molecule has 0 heterocycles. The molecule has 0 saturated carbocycles. The summed E-state index contributed by atoms with van der Waals surface area (Å²) in [6.07, 6.45) is 1.33. The average Bonchev–Trinajstić information content (AvgIpc) is 2.56. The molecule has 0 fully saturated rings. The van der Waals surface area contributed by atoms with Crippen LogP contribution < -0.4 is 11.5 Å². The first kappa shape index (κ1) is 20.5. The van der Waals surface area contributed by atoms with Crippen molar-refractivity contribution in [1.29, 1.82) is 0 Å². The van der Waals surface area contributed by atoms with Gasteiger partial charge in [-0.3, -0.25) is 4.79 Å². The summed E-state index contributed by atoms with van der Waals surface area (Å²) in [6.45, 7) is 5.27. The van der Waals surface area contributed by atoms with Crippen LogP contribution in [0.5, 0.6) is 0 Å². The number of rotatable bonds is 10. The minimum Gasteiger partial charge on any atom is -0.393 e. The highest BCUT2D eigenvalue weighted by molar-refractivity contribution is 6.05. The predicted octanol–water partition coefficient (Wildman–Crippen LogP) is 1.46. The number of aryl methyl sites for hydroxylation is 1. The second-order valence-corrected chi connectivity index (χ2v) is 6.99. The van der Waals surface area contributed by atoms with Crippen LogP contribution in [-0.4, -0.2) is 34.9 Å². The fourth-order valence-electron chi connectivity index (χ4n) is 2.90. The van der Waals surface area contributed by atoms with Gasteiger partial charge < -0.3 is 21.4 Å². The molecule has 5 N–H and O–H groups in total. The maximum atomic E-state index is 12.7. The Labute approximate surface area is 144 Å². The van der Waals surface area contributed by atoms with E-state index >= 15 is 0 Å². The number of nitrogens with two attached hydrogens (primary N) is 2. The number of aldehydes is 1. The lowest BCUT2D eigenvalue weighted by Crippen LogP contribution is -2.62. The number of ketones is 1. The molecule has 0 spiro atoms. The lowest BCUT2D eigenvalue weighted by Gasteiger charge is -2.35. The summed E-state index contributed by atoms with van der Waals surface area (Å²) in [7, 11) is 0. The molecule has 0 bridgehead atoms. The average molecular weight is 334 g/mol. The fourth-order valence-corrected chi connectivity index (χ4v) is 2.90. The Hall–Kier alpha value is -1.56. The monoisotopic (exact) mass is 334 g/mol. The standard InChI is InChI=1S/C19H30N2O3/c1-13(2)17(20)18(24)19(21,12-22)16(11-14(3)23)10-9-15-7-5-4-6-8-15/h4-8,12-14,16-17,23H,9-11,20-21H2,1-3H3/t14-,16?,17?,19?/m1/s1. The van der Waals surface area contributed by atoms with Crippen LogP contribution in [0.15, 0.2) is 30.3 Å². The van der Waals surface area contributed by atoms with Crippen LogP contribution in [0.1, 0.15) is 39.2 Å². The van der Waals surface area contributed by atoms with Crippen molar-refractivity contribution in [1.82, 2.24) is 0 Å². The Balaban J connectivity index is 3.01. The van der Waals surface area contributed by atoms with E-state index in [4.69, 9.17) is 11.5 Å². The number of carbonyl (C=O) groups is 2. The largest absolute Gasteiger partial charge is 0.393 e. The Morgan fingerprint density at radius 3 is 2.29 bits per heavy atom. The molecule has 0 saturated heterocycles. The highest BCUT2D eigenvalue weighted by Gasteiger charge is 2.44. The van der Waals surface area contributed by atoms with Crippen LogP contribution in [-0.2, 0) is 16.0 Å². The van der Waals surface area contributed by atoms with E-state index in [-0.39, 0.29) is 12.3 Å². The zero-order chi connectivity index (χ0) is 18.3. The molecule has 0 aliphatic rings. The molecule has 0 aromatic heterocycles. The van der Waals surface area contributed by atoms with Crippen LogP contribution in [0.25, 0.3) is 0 Å². The van der Waals surface area contributed by atoms with Crippen molar-refractivity contribution < 1.29 is 14.7 Å². The van der Waals surface area contributed by atoms with Gasteiger partial charge in [0, 0.05) is 0 Å². The normalized spacial score (nSPS) is 17.8. The van der Waals surface area contributed by atoms with Gasteiger partial charge in [-0.05, 0) is 43.6 Å². The van der Waals surface area contributed by atoms with Gasteiger partial charge in [0.25, 0.3) is 0 Å². The molecule has 5 nitrogen and oxygen atoms in total. The summed E-state index contributed by atoms with van der Waals surface area (Å²) in [5.74, 6) is -1.03. The second kappa shape index (κ2) is 9.06. The van der Waals surface area contributed by atoms with E-state index in [0.29, 0.717) is 19.1 Å². The van der Waals surface area contributed by atoms with Gasteiger partial charge >= 0.3 is 0 Å². The topological polar surface area (TPSA) is 106 Å². The lowest BCUT2D eigenvalue weighted by molar-refractivity contribution is -0.133. The van der Waals surface area contributed by atoms with Crippen molar-refractivity contribution in [3.63, 3.8) is 0 Å². The third kappa shape index (κ3) is 5.23. The molecule has 1 aromatic rings. The van der Waals surface area contributed by atoms with Gasteiger partial charge in [0.2, 0.25) is 0 Å². The molecule has 5 heteroatoms. The van der Waals surface area contributed by atoms with Gasteiger partial charge in [0.1, 0.15) is 11.8 Å². The molecule has 0 aliphatic heterocycles. The van der Waals surface area contributed by atoms with E-state index in [0.717, 1.165) is 5.56 Å². The molecule has 24 heavy (non-hydrogen) atoms. The van der Waals surface area contributed by atoms with Crippen LogP contribution in [0.4, 0.5) is 0 Å². The maximum Gasteiger partial charge on any atom is 0.177 e. The van der Waals surface area contributed by atoms with E-state index in [2.05, 4.69) is 0 Å². The van der Waals surface area contributed by atoms with Gasteiger partial charge in [-0.25, -0.2) is 0 Å². The smallest absolute Gasteiger partial charge is 0.177 e. The first-order chi connectivity index (χ1) is 11.2. The number of Topliss-reactive ketones (excluding diaryl/α,β-unsaturated/α-hetero) is 1. The number of carbonyl (C=O) groups excluding carboxylic acids is 2. The molecule has 0 aliphatic carbocycles. The molecule has 1 aromatic carbocycles. The van der Waals surface area contributed by atoms with Crippen LogP contribution >= 0.6 is 0 Å². The molecule has 0 amide bonds. The summed E-state index contributed by atoms with van der Waals surface area (Å²) < 4.78 is 0. The molecule has 3 unspecified atom stereocenters. The third-order valence-corrected chi connectivity index (χ3v) is 4.57. The van der Waals surface area contributed by atoms with Crippen molar-refractivity contribution in [3.8, 4) is 0 Å². The molecular weight excluding hydrogens is 304 g/mol. The van der Waals surface area contributed by atoms with Crippen molar-refractivity contribution >= 4 is 12.1 Å².